The number of aromatic nitrogens is 3. The molecule has 3 rings (SSSR count). The number of imide groups is 1. The van der Waals surface area contributed by atoms with Crippen LogP contribution in [0.25, 0.3) is 0 Å². The molecule has 1 aromatic heterocycles. The maximum absolute atomic E-state index is 11.6. The van der Waals surface area contributed by atoms with E-state index in [1.54, 1.807) is 0 Å². The van der Waals surface area contributed by atoms with E-state index in [1.165, 1.54) is 11.2 Å². The van der Waals surface area contributed by atoms with Crippen molar-refractivity contribution in [3.8, 4) is 0 Å². The van der Waals surface area contributed by atoms with Crippen LogP contribution in [-0.2, 0) is 16.0 Å². The molecule has 0 radical (unpaired) electrons. The molecule has 1 aromatic rings. The van der Waals surface area contributed by atoms with Crippen molar-refractivity contribution in [1.82, 2.24) is 20.1 Å². The Labute approximate surface area is 92.0 Å². The van der Waals surface area contributed by atoms with E-state index in [-0.39, 0.29) is 23.7 Å². The largest absolute Gasteiger partial charge is 0.282 e. The van der Waals surface area contributed by atoms with E-state index in [0.717, 1.165) is 18.7 Å². The average Bonchev–Trinajstić information content (AvgIpc) is 2.85. The van der Waals surface area contributed by atoms with Gasteiger partial charge in [0.15, 0.2) is 0 Å². The highest BCUT2D eigenvalue weighted by Crippen LogP contribution is 2.46. The lowest BCUT2D eigenvalue weighted by atomic mass is 10.2. The minimum Gasteiger partial charge on any atom is -0.282 e. The third kappa shape index (κ3) is 1.41. The predicted molar refractivity (Wildman–Crippen MR) is 53.0 cm³/mol. The summed E-state index contributed by atoms with van der Waals surface area (Å²) in [4.78, 5) is 28.6. The van der Waals surface area contributed by atoms with Crippen LogP contribution in [0.5, 0.6) is 0 Å². The molecule has 16 heavy (non-hydrogen) atoms. The number of hydrogen-bond acceptors (Lipinski definition) is 4. The maximum Gasteiger partial charge on any atom is 0.233 e. The molecule has 2 amide bonds. The van der Waals surface area contributed by atoms with E-state index in [2.05, 4.69) is 15.2 Å². The topological polar surface area (TPSA) is 79.0 Å². The highest BCUT2D eigenvalue weighted by atomic mass is 16.2. The number of nitrogens with one attached hydrogen (secondary N) is 1. The fourth-order valence-corrected chi connectivity index (χ4v) is 2.23. The van der Waals surface area contributed by atoms with Crippen molar-refractivity contribution in [2.75, 3.05) is 6.54 Å². The van der Waals surface area contributed by atoms with Crippen molar-refractivity contribution in [3.05, 3.63) is 12.2 Å². The zero-order valence-electron chi connectivity index (χ0n) is 8.72. The summed E-state index contributed by atoms with van der Waals surface area (Å²) < 4.78 is 0. The molecular weight excluding hydrogens is 208 g/mol. The first-order chi connectivity index (χ1) is 7.77. The van der Waals surface area contributed by atoms with Gasteiger partial charge in [-0.25, -0.2) is 4.98 Å². The van der Waals surface area contributed by atoms with Gasteiger partial charge in [0.1, 0.15) is 12.2 Å². The summed E-state index contributed by atoms with van der Waals surface area (Å²) in [5, 5.41) is 6.49. The van der Waals surface area contributed by atoms with Gasteiger partial charge in [-0.15, -0.1) is 0 Å². The second-order valence-corrected chi connectivity index (χ2v) is 4.31. The molecule has 2 aliphatic rings. The van der Waals surface area contributed by atoms with E-state index in [4.69, 9.17) is 0 Å². The summed E-state index contributed by atoms with van der Waals surface area (Å²) in [5.41, 5.74) is 0. The van der Waals surface area contributed by atoms with Crippen LogP contribution in [0.4, 0.5) is 0 Å². The van der Waals surface area contributed by atoms with Crippen molar-refractivity contribution in [2.24, 2.45) is 11.8 Å². The number of amides is 2. The van der Waals surface area contributed by atoms with Crippen molar-refractivity contribution < 1.29 is 9.59 Å². The predicted octanol–water partition coefficient (Wildman–Crippen LogP) is -0.258. The Bertz CT molecular complexity index is 408. The first-order valence-corrected chi connectivity index (χ1v) is 5.47. The molecule has 6 nitrogen and oxygen atoms in total. The Morgan fingerprint density at radius 1 is 1.38 bits per heavy atom. The molecule has 84 valence electrons. The van der Waals surface area contributed by atoms with Gasteiger partial charge in [0.2, 0.25) is 11.8 Å². The van der Waals surface area contributed by atoms with Crippen molar-refractivity contribution in [2.45, 2.75) is 19.3 Å². The lowest BCUT2D eigenvalue weighted by Crippen LogP contribution is -2.34. The third-order valence-electron chi connectivity index (χ3n) is 3.22. The number of rotatable bonds is 4. The van der Waals surface area contributed by atoms with Gasteiger partial charge >= 0.3 is 0 Å². The van der Waals surface area contributed by atoms with E-state index in [0.29, 0.717) is 13.0 Å². The number of hydrogen-bond donors (Lipinski definition) is 1. The maximum atomic E-state index is 11.6. The Morgan fingerprint density at radius 2 is 2.12 bits per heavy atom. The summed E-state index contributed by atoms with van der Waals surface area (Å²) in [7, 11) is 0. The molecule has 1 saturated heterocycles. The van der Waals surface area contributed by atoms with E-state index < -0.39 is 0 Å². The van der Waals surface area contributed by atoms with Crippen LogP contribution in [-0.4, -0.2) is 38.4 Å². The van der Waals surface area contributed by atoms with Crippen LogP contribution < -0.4 is 0 Å². The number of piperidine rings is 1. The second kappa shape index (κ2) is 3.40. The number of carbonyl (C=O) groups is 2. The Morgan fingerprint density at radius 3 is 2.75 bits per heavy atom. The fraction of sp³-hybridized carbons (Fsp3) is 0.600. The van der Waals surface area contributed by atoms with Gasteiger partial charge < -0.3 is 0 Å². The number of nitrogens with zero attached hydrogens (tertiary/aromatic N) is 3. The molecule has 2 fully saturated rings. The van der Waals surface area contributed by atoms with Gasteiger partial charge in [-0.2, -0.15) is 5.10 Å². The molecule has 0 spiro atoms. The number of likely N-dealkylation sites (tertiary alicyclic amines) is 1. The molecule has 2 heterocycles. The Hall–Kier alpha value is -1.72. The van der Waals surface area contributed by atoms with Crippen LogP contribution in [0, 0.1) is 11.8 Å². The molecular formula is C10H12N4O2. The highest BCUT2D eigenvalue weighted by molar-refractivity contribution is 6.08. The number of aryl methyl sites for hydroxylation is 1. The summed E-state index contributed by atoms with van der Waals surface area (Å²) in [6.45, 7) is 0.505. The van der Waals surface area contributed by atoms with E-state index in [1.807, 2.05) is 0 Å². The minimum atomic E-state index is 0.0118. The molecule has 0 aromatic carbocycles. The fourth-order valence-electron chi connectivity index (χ4n) is 2.23. The van der Waals surface area contributed by atoms with Crippen LogP contribution >= 0.6 is 0 Å². The SMILES string of the molecule is O=C1C2CC2C(=O)N1CCCc1ncn[nH]1. The monoisotopic (exact) mass is 220 g/mol. The van der Waals surface area contributed by atoms with Crippen LogP contribution in [0.2, 0.25) is 0 Å². The summed E-state index contributed by atoms with van der Waals surface area (Å²) >= 11 is 0. The molecule has 1 aliphatic carbocycles. The van der Waals surface area contributed by atoms with Crippen molar-refractivity contribution >= 4 is 11.8 Å². The standard InChI is InChI=1S/C10H12N4O2/c15-9-6-4-7(6)10(16)14(9)3-1-2-8-11-5-12-13-8/h5-7H,1-4H2,(H,11,12,13). The smallest absolute Gasteiger partial charge is 0.233 e. The molecule has 1 saturated carbocycles. The Kier molecular flexibility index (Phi) is 2.02. The lowest BCUT2D eigenvalue weighted by Gasteiger charge is -2.15. The average molecular weight is 220 g/mol. The first kappa shape index (κ1) is 9.50. The number of aromatic amines is 1. The quantitative estimate of drug-likeness (QED) is 0.709. The second-order valence-electron chi connectivity index (χ2n) is 4.31. The lowest BCUT2D eigenvalue weighted by molar-refractivity contribution is -0.141. The van der Waals surface area contributed by atoms with Gasteiger partial charge in [0.25, 0.3) is 0 Å². The molecule has 2 unspecified atom stereocenters. The van der Waals surface area contributed by atoms with Gasteiger partial charge in [0.05, 0.1) is 11.8 Å². The van der Waals surface area contributed by atoms with Crippen molar-refractivity contribution in [3.63, 3.8) is 0 Å². The van der Waals surface area contributed by atoms with E-state index in [9.17, 15) is 9.59 Å². The molecule has 1 aliphatic heterocycles. The molecule has 1 N–H and O–H groups in total. The summed E-state index contributed by atoms with van der Waals surface area (Å²) in [6.07, 6.45) is 3.69. The van der Waals surface area contributed by atoms with Crippen molar-refractivity contribution in [1.29, 1.82) is 0 Å². The summed E-state index contributed by atoms with van der Waals surface area (Å²) in [6, 6.07) is 0. The molecule has 6 heteroatoms. The van der Waals surface area contributed by atoms with Gasteiger partial charge in [0, 0.05) is 13.0 Å². The highest BCUT2D eigenvalue weighted by Gasteiger charge is 2.58. The van der Waals surface area contributed by atoms with Gasteiger partial charge in [-0.1, -0.05) is 0 Å². The normalized spacial score (nSPS) is 27.4. The van der Waals surface area contributed by atoms with Crippen LogP contribution in [0.15, 0.2) is 6.33 Å². The van der Waals surface area contributed by atoms with Gasteiger partial charge in [-0.3, -0.25) is 19.6 Å². The number of H-pyrrole nitrogens is 1. The zero-order valence-corrected chi connectivity index (χ0v) is 8.72. The first-order valence-electron chi connectivity index (χ1n) is 5.47. The van der Waals surface area contributed by atoms with E-state index >= 15 is 0 Å². The van der Waals surface area contributed by atoms with Crippen LogP contribution in [0.1, 0.15) is 18.7 Å². The van der Waals surface area contributed by atoms with Gasteiger partial charge in [-0.05, 0) is 12.8 Å². The van der Waals surface area contributed by atoms with Crippen LogP contribution in [0.3, 0.4) is 0 Å². The third-order valence-corrected chi connectivity index (χ3v) is 3.22. The molecule has 2 atom stereocenters. The zero-order chi connectivity index (χ0) is 11.1. The minimum absolute atomic E-state index is 0.0118. The Balaban J connectivity index is 1.52. The number of fused-ring (bicyclic) bond motifs is 1. The summed E-state index contributed by atoms with van der Waals surface area (Å²) in [5.74, 6) is 0.861. The molecule has 0 bridgehead atoms. The number of carbonyl (C=O) groups excluding carboxylic acids is 2.